The molecule has 0 spiro atoms. The lowest BCUT2D eigenvalue weighted by Crippen LogP contribution is -3.19. The molecule has 0 aliphatic carbocycles. The molecule has 0 aromatic heterocycles. The van der Waals surface area contributed by atoms with Gasteiger partial charge in [-0.1, -0.05) is 6.07 Å². The van der Waals surface area contributed by atoms with Gasteiger partial charge in [0.15, 0.2) is 6.04 Å². The van der Waals surface area contributed by atoms with Crippen molar-refractivity contribution in [2.45, 2.75) is 12.5 Å². The van der Waals surface area contributed by atoms with Crippen molar-refractivity contribution in [2.24, 2.45) is 0 Å². The minimum absolute atomic E-state index is 0.193. The zero-order chi connectivity index (χ0) is 19.7. The molecule has 2 heterocycles. The summed E-state index contributed by atoms with van der Waals surface area (Å²) in [5.74, 6) is 0.0169. The number of halogens is 1. The lowest BCUT2D eigenvalue weighted by molar-refractivity contribution is -0.915. The number of carbonyl (C=O) groups is 2. The number of quaternary nitrogens is 1. The van der Waals surface area contributed by atoms with Crippen LogP contribution < -0.4 is 19.4 Å². The van der Waals surface area contributed by atoms with Gasteiger partial charge in [-0.2, -0.15) is 0 Å². The zero-order valence-electron chi connectivity index (χ0n) is 15.7. The van der Waals surface area contributed by atoms with Crippen molar-refractivity contribution in [2.75, 3.05) is 43.1 Å². The number of hydrogen-bond acceptors (Lipinski definition) is 4. The smallest absolute Gasteiger partial charge is 0.292 e. The fourth-order valence-electron chi connectivity index (χ4n) is 4.02. The number of nitrogens with zero attached hydrogens (tertiary/aromatic N) is 2. The van der Waals surface area contributed by atoms with E-state index in [1.54, 1.807) is 7.11 Å². The number of imide groups is 1. The van der Waals surface area contributed by atoms with Gasteiger partial charge in [0, 0.05) is 11.8 Å². The molecule has 0 saturated carbocycles. The average molecular weight is 384 g/mol. The molecular formula is C21H23FN3O3+. The SMILES string of the molecule is COc1cccc(N2CC[NH+]([C@H]3CC(=O)N(c4ccc(F)cc4)C3=O)CC2)c1. The number of ether oxygens (including phenoxy) is 1. The number of amides is 2. The first-order valence-corrected chi connectivity index (χ1v) is 9.43. The molecule has 2 aliphatic rings. The van der Waals surface area contributed by atoms with Crippen LogP contribution in [0.15, 0.2) is 48.5 Å². The molecule has 146 valence electrons. The van der Waals surface area contributed by atoms with Crippen LogP contribution in [0.25, 0.3) is 0 Å². The number of benzene rings is 2. The third-order valence-corrected chi connectivity index (χ3v) is 5.55. The van der Waals surface area contributed by atoms with E-state index >= 15 is 0 Å². The highest BCUT2D eigenvalue weighted by Gasteiger charge is 2.46. The van der Waals surface area contributed by atoms with E-state index in [1.807, 2.05) is 24.3 Å². The summed E-state index contributed by atoms with van der Waals surface area (Å²) in [5.41, 5.74) is 1.54. The van der Waals surface area contributed by atoms with Crippen LogP contribution in [0.3, 0.4) is 0 Å². The third kappa shape index (κ3) is 3.45. The average Bonchev–Trinajstić information content (AvgIpc) is 3.03. The Kier molecular flexibility index (Phi) is 5.00. The van der Waals surface area contributed by atoms with E-state index in [2.05, 4.69) is 4.90 Å². The summed E-state index contributed by atoms with van der Waals surface area (Å²) >= 11 is 0. The van der Waals surface area contributed by atoms with Crippen LogP contribution in [0.5, 0.6) is 5.75 Å². The highest BCUT2D eigenvalue weighted by molar-refractivity contribution is 6.21. The Hall–Kier alpha value is -2.93. The van der Waals surface area contributed by atoms with Crippen LogP contribution in [0, 0.1) is 5.82 Å². The maximum absolute atomic E-state index is 13.2. The summed E-state index contributed by atoms with van der Waals surface area (Å²) in [6, 6.07) is 13.0. The van der Waals surface area contributed by atoms with Crippen LogP contribution in [0.4, 0.5) is 15.8 Å². The van der Waals surface area contributed by atoms with Crippen molar-refractivity contribution in [3.05, 3.63) is 54.3 Å². The monoisotopic (exact) mass is 384 g/mol. The van der Waals surface area contributed by atoms with Gasteiger partial charge in [-0.3, -0.25) is 9.59 Å². The predicted octanol–water partition coefficient (Wildman–Crippen LogP) is 0.871. The van der Waals surface area contributed by atoms with Gasteiger partial charge < -0.3 is 14.5 Å². The highest BCUT2D eigenvalue weighted by Crippen LogP contribution is 2.23. The molecule has 28 heavy (non-hydrogen) atoms. The van der Waals surface area contributed by atoms with Crippen molar-refractivity contribution < 1.29 is 23.6 Å². The maximum atomic E-state index is 13.2. The fraction of sp³-hybridized carbons (Fsp3) is 0.333. The van der Waals surface area contributed by atoms with Crippen molar-refractivity contribution in [1.82, 2.24) is 0 Å². The Morgan fingerprint density at radius 2 is 1.75 bits per heavy atom. The molecule has 4 rings (SSSR count). The molecular weight excluding hydrogens is 361 g/mol. The summed E-state index contributed by atoms with van der Waals surface area (Å²) in [4.78, 5) is 29.9. The largest absolute Gasteiger partial charge is 0.497 e. The van der Waals surface area contributed by atoms with Gasteiger partial charge in [0.1, 0.15) is 11.6 Å². The Bertz CT molecular complexity index is 879. The molecule has 1 N–H and O–H groups in total. The van der Waals surface area contributed by atoms with Crippen molar-refractivity contribution >= 4 is 23.2 Å². The van der Waals surface area contributed by atoms with Gasteiger partial charge in [0.2, 0.25) is 5.91 Å². The maximum Gasteiger partial charge on any atom is 0.292 e. The highest BCUT2D eigenvalue weighted by atomic mass is 19.1. The predicted molar refractivity (Wildman–Crippen MR) is 103 cm³/mol. The molecule has 2 fully saturated rings. The normalized spacial score (nSPS) is 20.7. The molecule has 6 nitrogen and oxygen atoms in total. The molecule has 2 aromatic carbocycles. The Balaban J connectivity index is 1.42. The molecule has 2 saturated heterocycles. The lowest BCUT2D eigenvalue weighted by Gasteiger charge is -2.35. The number of piperazine rings is 1. The summed E-state index contributed by atoms with van der Waals surface area (Å²) < 4.78 is 18.4. The van der Waals surface area contributed by atoms with Crippen LogP contribution >= 0.6 is 0 Å². The van der Waals surface area contributed by atoms with E-state index in [9.17, 15) is 14.0 Å². The Morgan fingerprint density at radius 3 is 2.43 bits per heavy atom. The van der Waals surface area contributed by atoms with Crippen LogP contribution in [0.2, 0.25) is 0 Å². The number of carbonyl (C=O) groups excluding carboxylic acids is 2. The van der Waals surface area contributed by atoms with E-state index in [1.165, 1.54) is 29.2 Å². The quantitative estimate of drug-likeness (QED) is 0.795. The molecule has 0 unspecified atom stereocenters. The summed E-state index contributed by atoms with van der Waals surface area (Å²) in [6.07, 6.45) is 0.199. The first-order chi connectivity index (χ1) is 13.6. The molecule has 2 aliphatic heterocycles. The minimum Gasteiger partial charge on any atom is -0.497 e. The van der Waals surface area contributed by atoms with E-state index in [0.29, 0.717) is 5.69 Å². The number of methoxy groups -OCH3 is 1. The summed E-state index contributed by atoms with van der Waals surface area (Å²) in [6.45, 7) is 3.16. The lowest BCUT2D eigenvalue weighted by atomic mass is 10.1. The number of anilines is 2. The fourth-order valence-corrected chi connectivity index (χ4v) is 4.02. The van der Waals surface area contributed by atoms with Gasteiger partial charge in [0.05, 0.1) is 45.4 Å². The third-order valence-electron chi connectivity index (χ3n) is 5.55. The van der Waals surface area contributed by atoms with Gasteiger partial charge in [-0.25, -0.2) is 9.29 Å². The van der Waals surface area contributed by atoms with Gasteiger partial charge in [-0.05, 0) is 36.4 Å². The van der Waals surface area contributed by atoms with Crippen LogP contribution in [0.1, 0.15) is 6.42 Å². The minimum atomic E-state index is -0.390. The van der Waals surface area contributed by atoms with Crippen LogP contribution in [-0.4, -0.2) is 51.1 Å². The van der Waals surface area contributed by atoms with Gasteiger partial charge in [0.25, 0.3) is 5.91 Å². The number of nitrogens with one attached hydrogen (secondary N) is 1. The number of rotatable bonds is 4. The molecule has 2 amide bonds. The Labute approximate surface area is 163 Å². The van der Waals surface area contributed by atoms with E-state index in [4.69, 9.17) is 4.74 Å². The summed E-state index contributed by atoms with van der Waals surface area (Å²) in [7, 11) is 1.65. The summed E-state index contributed by atoms with van der Waals surface area (Å²) in [5, 5.41) is 0. The second-order valence-corrected chi connectivity index (χ2v) is 7.15. The first-order valence-electron chi connectivity index (χ1n) is 9.43. The van der Waals surface area contributed by atoms with Gasteiger partial charge >= 0.3 is 0 Å². The molecule has 1 atom stereocenters. The molecule has 2 aromatic rings. The standard InChI is InChI=1S/C21H22FN3O3/c1-28-18-4-2-3-17(13-18)23-9-11-24(12-10-23)19-14-20(26)25(21(19)27)16-7-5-15(22)6-8-16/h2-8,13,19H,9-12,14H2,1H3/p+1/t19-/m0/s1. The first kappa shape index (κ1) is 18.4. The molecule has 0 radical (unpaired) electrons. The zero-order valence-corrected chi connectivity index (χ0v) is 15.7. The number of hydrogen-bond donors (Lipinski definition) is 1. The van der Waals surface area contributed by atoms with E-state index < -0.39 is 5.82 Å². The second kappa shape index (κ2) is 7.59. The molecule has 0 bridgehead atoms. The van der Waals surface area contributed by atoms with E-state index in [0.717, 1.165) is 42.5 Å². The van der Waals surface area contributed by atoms with Crippen molar-refractivity contribution in [1.29, 1.82) is 0 Å². The Morgan fingerprint density at radius 1 is 1.04 bits per heavy atom. The van der Waals surface area contributed by atoms with E-state index in [-0.39, 0.29) is 24.3 Å². The topological polar surface area (TPSA) is 54.3 Å². The molecule has 7 heteroatoms. The van der Waals surface area contributed by atoms with Gasteiger partial charge in [-0.15, -0.1) is 0 Å². The van der Waals surface area contributed by atoms with Crippen LogP contribution in [-0.2, 0) is 9.59 Å². The second-order valence-electron chi connectivity index (χ2n) is 7.15. The van der Waals surface area contributed by atoms with Crippen molar-refractivity contribution in [3.63, 3.8) is 0 Å². The van der Waals surface area contributed by atoms with Crippen molar-refractivity contribution in [3.8, 4) is 5.75 Å².